The fourth-order valence-electron chi connectivity index (χ4n) is 2.16. The Morgan fingerprint density at radius 1 is 1.33 bits per heavy atom. The number of ether oxygens (including phenoxy) is 1. The molecule has 5 nitrogen and oxygen atoms in total. The van der Waals surface area contributed by atoms with E-state index < -0.39 is 5.97 Å². The fourth-order valence-corrected chi connectivity index (χ4v) is 2.16. The molecule has 0 atom stereocenters. The molecule has 0 amide bonds. The highest BCUT2D eigenvalue weighted by molar-refractivity contribution is 5.66. The highest BCUT2D eigenvalue weighted by atomic mass is 16.5. The van der Waals surface area contributed by atoms with Crippen LogP contribution in [0, 0.1) is 0 Å². The van der Waals surface area contributed by atoms with Crippen LogP contribution in [-0.4, -0.2) is 42.7 Å². The first kappa shape index (κ1) is 17.5. The molecule has 0 fully saturated rings. The highest BCUT2D eigenvalue weighted by Crippen LogP contribution is 2.21. The molecule has 0 saturated heterocycles. The molecule has 0 aromatic heterocycles. The van der Waals surface area contributed by atoms with E-state index >= 15 is 0 Å². The molecule has 1 aromatic carbocycles. The minimum absolute atomic E-state index is 0.127. The maximum absolute atomic E-state index is 10.5. The summed E-state index contributed by atoms with van der Waals surface area (Å²) in [6.45, 7) is 8.34. The van der Waals surface area contributed by atoms with Crippen LogP contribution in [0.1, 0.15) is 31.4 Å². The summed E-state index contributed by atoms with van der Waals surface area (Å²) in [6.07, 6.45) is 0.127. The van der Waals surface area contributed by atoms with Gasteiger partial charge in [0.25, 0.3) is 0 Å². The van der Waals surface area contributed by atoms with Gasteiger partial charge in [0.15, 0.2) is 0 Å². The van der Waals surface area contributed by atoms with Crippen LogP contribution < -0.4 is 10.1 Å². The van der Waals surface area contributed by atoms with Gasteiger partial charge in [-0.15, -0.1) is 0 Å². The summed E-state index contributed by atoms with van der Waals surface area (Å²) in [5.74, 6) is 0.0616. The number of methoxy groups -OCH3 is 1. The van der Waals surface area contributed by atoms with E-state index in [9.17, 15) is 4.79 Å². The van der Waals surface area contributed by atoms with Crippen LogP contribution in [0.5, 0.6) is 5.75 Å². The van der Waals surface area contributed by atoms with Gasteiger partial charge in [-0.2, -0.15) is 0 Å². The van der Waals surface area contributed by atoms with Crippen molar-refractivity contribution >= 4 is 5.97 Å². The molecule has 2 N–H and O–H groups in total. The Morgan fingerprint density at radius 3 is 2.62 bits per heavy atom. The van der Waals surface area contributed by atoms with Crippen molar-refractivity contribution in [3.8, 4) is 5.75 Å². The Hall–Kier alpha value is -1.59. The molecule has 0 spiro atoms. The molecule has 118 valence electrons. The Kier molecular flexibility index (Phi) is 7.79. The highest BCUT2D eigenvalue weighted by Gasteiger charge is 2.07. The SMILES string of the molecule is CCN(CC)Cc1ccc(CNCCC(=O)O)c(OC)c1. The van der Waals surface area contributed by atoms with E-state index in [-0.39, 0.29) is 6.42 Å². The van der Waals surface area contributed by atoms with Gasteiger partial charge in [-0.1, -0.05) is 26.0 Å². The number of aliphatic carboxylic acids is 1. The van der Waals surface area contributed by atoms with E-state index in [1.807, 2.05) is 6.07 Å². The lowest BCUT2D eigenvalue weighted by molar-refractivity contribution is -0.136. The quantitative estimate of drug-likeness (QED) is 0.647. The Morgan fingerprint density at radius 2 is 2.05 bits per heavy atom. The van der Waals surface area contributed by atoms with Crippen molar-refractivity contribution in [3.05, 3.63) is 29.3 Å². The fraction of sp³-hybridized carbons (Fsp3) is 0.562. The second-order valence-corrected chi connectivity index (χ2v) is 4.93. The van der Waals surface area contributed by atoms with Crippen LogP contribution in [0.3, 0.4) is 0 Å². The molecule has 0 unspecified atom stereocenters. The number of nitrogens with one attached hydrogen (secondary N) is 1. The molecule has 0 saturated carbocycles. The van der Waals surface area contributed by atoms with Gasteiger partial charge >= 0.3 is 5.97 Å². The molecule has 0 radical (unpaired) electrons. The predicted molar refractivity (Wildman–Crippen MR) is 83.6 cm³/mol. The number of nitrogens with zero attached hydrogens (tertiary/aromatic N) is 1. The van der Waals surface area contributed by atoms with Crippen molar-refractivity contribution in [1.29, 1.82) is 0 Å². The summed E-state index contributed by atoms with van der Waals surface area (Å²) < 4.78 is 5.44. The van der Waals surface area contributed by atoms with Gasteiger partial charge < -0.3 is 15.2 Å². The molecular weight excluding hydrogens is 268 g/mol. The van der Waals surface area contributed by atoms with Crippen LogP contribution in [0.15, 0.2) is 18.2 Å². The standard InChI is InChI=1S/C16H26N2O3/c1-4-18(5-2)12-13-6-7-14(15(10-13)21-3)11-17-9-8-16(19)20/h6-7,10,17H,4-5,8-9,11-12H2,1-3H3,(H,19,20). The predicted octanol–water partition coefficient (Wildman–Crippen LogP) is 2.10. The maximum atomic E-state index is 10.5. The van der Waals surface area contributed by atoms with E-state index in [0.29, 0.717) is 13.1 Å². The van der Waals surface area contributed by atoms with Crippen molar-refractivity contribution in [2.45, 2.75) is 33.4 Å². The largest absolute Gasteiger partial charge is 0.496 e. The van der Waals surface area contributed by atoms with Gasteiger partial charge in [-0.25, -0.2) is 0 Å². The molecule has 1 rings (SSSR count). The Bertz CT molecular complexity index is 445. The zero-order chi connectivity index (χ0) is 15.7. The molecule has 0 bridgehead atoms. The Labute approximate surface area is 126 Å². The minimum Gasteiger partial charge on any atom is -0.496 e. The summed E-state index contributed by atoms with van der Waals surface area (Å²) in [7, 11) is 1.66. The smallest absolute Gasteiger partial charge is 0.304 e. The number of hydrogen-bond acceptors (Lipinski definition) is 4. The lowest BCUT2D eigenvalue weighted by atomic mass is 10.1. The number of carbonyl (C=O) groups is 1. The van der Waals surface area contributed by atoms with Crippen LogP contribution in [-0.2, 0) is 17.9 Å². The Balaban J connectivity index is 2.63. The summed E-state index contributed by atoms with van der Waals surface area (Å²) in [5, 5.41) is 11.7. The monoisotopic (exact) mass is 294 g/mol. The average molecular weight is 294 g/mol. The van der Waals surface area contributed by atoms with Crippen LogP contribution >= 0.6 is 0 Å². The van der Waals surface area contributed by atoms with Crippen LogP contribution in [0.2, 0.25) is 0 Å². The first-order chi connectivity index (χ1) is 10.1. The van der Waals surface area contributed by atoms with E-state index in [1.54, 1.807) is 7.11 Å². The van der Waals surface area contributed by atoms with Crippen LogP contribution in [0.4, 0.5) is 0 Å². The topological polar surface area (TPSA) is 61.8 Å². The summed E-state index contributed by atoms with van der Waals surface area (Å²) in [4.78, 5) is 12.8. The number of rotatable bonds is 10. The van der Waals surface area contributed by atoms with E-state index in [1.165, 1.54) is 5.56 Å². The maximum Gasteiger partial charge on any atom is 0.304 e. The third-order valence-corrected chi connectivity index (χ3v) is 3.48. The summed E-state index contributed by atoms with van der Waals surface area (Å²) in [5.41, 5.74) is 2.27. The van der Waals surface area contributed by atoms with Crippen molar-refractivity contribution < 1.29 is 14.6 Å². The number of hydrogen-bond donors (Lipinski definition) is 2. The molecule has 0 heterocycles. The molecule has 5 heteroatoms. The minimum atomic E-state index is -0.788. The number of benzene rings is 1. The zero-order valence-corrected chi connectivity index (χ0v) is 13.2. The normalized spacial score (nSPS) is 10.9. The molecule has 1 aromatic rings. The summed E-state index contributed by atoms with van der Waals surface area (Å²) in [6, 6.07) is 6.22. The van der Waals surface area contributed by atoms with Gasteiger partial charge in [0, 0.05) is 25.2 Å². The van der Waals surface area contributed by atoms with Crippen molar-refractivity contribution in [2.75, 3.05) is 26.7 Å². The van der Waals surface area contributed by atoms with E-state index in [0.717, 1.165) is 30.9 Å². The molecular formula is C16H26N2O3. The average Bonchev–Trinajstić information content (AvgIpc) is 2.49. The molecule has 21 heavy (non-hydrogen) atoms. The van der Waals surface area contributed by atoms with Crippen molar-refractivity contribution in [2.24, 2.45) is 0 Å². The van der Waals surface area contributed by atoms with E-state index in [2.05, 4.69) is 36.2 Å². The number of carboxylic acids is 1. The van der Waals surface area contributed by atoms with E-state index in [4.69, 9.17) is 9.84 Å². The lowest BCUT2D eigenvalue weighted by Crippen LogP contribution is -2.22. The van der Waals surface area contributed by atoms with Crippen molar-refractivity contribution in [3.63, 3.8) is 0 Å². The molecule has 0 aliphatic carbocycles. The second-order valence-electron chi connectivity index (χ2n) is 4.93. The van der Waals surface area contributed by atoms with Gasteiger partial charge in [-0.3, -0.25) is 9.69 Å². The van der Waals surface area contributed by atoms with Gasteiger partial charge in [0.2, 0.25) is 0 Å². The van der Waals surface area contributed by atoms with Gasteiger partial charge in [0.1, 0.15) is 5.75 Å². The van der Waals surface area contributed by atoms with Crippen molar-refractivity contribution in [1.82, 2.24) is 10.2 Å². The molecule has 0 aliphatic heterocycles. The van der Waals surface area contributed by atoms with Gasteiger partial charge in [-0.05, 0) is 24.7 Å². The zero-order valence-electron chi connectivity index (χ0n) is 13.2. The third-order valence-electron chi connectivity index (χ3n) is 3.48. The summed E-state index contributed by atoms with van der Waals surface area (Å²) >= 11 is 0. The van der Waals surface area contributed by atoms with Crippen LogP contribution in [0.25, 0.3) is 0 Å². The lowest BCUT2D eigenvalue weighted by Gasteiger charge is -2.19. The first-order valence-electron chi connectivity index (χ1n) is 7.41. The second kappa shape index (κ2) is 9.37. The molecule has 0 aliphatic rings. The first-order valence-corrected chi connectivity index (χ1v) is 7.41. The van der Waals surface area contributed by atoms with Gasteiger partial charge in [0.05, 0.1) is 13.5 Å². The third kappa shape index (κ3) is 6.14. The number of carboxylic acid groups (broad SMARTS) is 1.